The van der Waals surface area contributed by atoms with Crippen molar-refractivity contribution >= 4 is 11.7 Å². The topological polar surface area (TPSA) is 83.1 Å². The normalized spacial score (nSPS) is 21.7. The SMILES string of the molecule is CCCNC(=O)COc1c(C2C=CC3=COCC3C2=O)ccc(OC)c1OCC1CC1. The molecule has 7 nitrogen and oxygen atoms in total. The van der Waals surface area contributed by atoms with Gasteiger partial charge in [0.1, 0.15) is 6.61 Å². The monoisotopic (exact) mass is 427 g/mol. The van der Waals surface area contributed by atoms with Crippen molar-refractivity contribution in [2.24, 2.45) is 11.8 Å². The van der Waals surface area contributed by atoms with E-state index < -0.39 is 5.92 Å². The van der Waals surface area contributed by atoms with Gasteiger partial charge in [-0.25, -0.2) is 0 Å². The highest BCUT2D eigenvalue weighted by Crippen LogP contribution is 2.46. The molecule has 1 heterocycles. The summed E-state index contributed by atoms with van der Waals surface area (Å²) in [6.07, 6.45) is 8.54. The molecular weight excluding hydrogens is 398 g/mol. The van der Waals surface area contributed by atoms with E-state index in [2.05, 4.69) is 5.32 Å². The third-order valence-corrected chi connectivity index (χ3v) is 5.76. The lowest BCUT2D eigenvalue weighted by molar-refractivity contribution is -0.123. The molecule has 1 aromatic carbocycles. The second-order valence-electron chi connectivity index (χ2n) is 8.15. The number of methoxy groups -OCH3 is 1. The molecular formula is C24H29NO6. The van der Waals surface area contributed by atoms with Crippen molar-refractivity contribution in [1.29, 1.82) is 0 Å². The van der Waals surface area contributed by atoms with Crippen molar-refractivity contribution in [2.75, 3.05) is 33.5 Å². The summed E-state index contributed by atoms with van der Waals surface area (Å²) in [6.45, 7) is 3.31. The third kappa shape index (κ3) is 4.70. The van der Waals surface area contributed by atoms with Gasteiger partial charge in [-0.2, -0.15) is 0 Å². The van der Waals surface area contributed by atoms with Crippen LogP contribution in [0.5, 0.6) is 17.2 Å². The van der Waals surface area contributed by atoms with Gasteiger partial charge >= 0.3 is 0 Å². The van der Waals surface area contributed by atoms with Gasteiger partial charge < -0.3 is 24.3 Å². The zero-order valence-electron chi connectivity index (χ0n) is 18.0. The van der Waals surface area contributed by atoms with E-state index in [0.29, 0.717) is 48.5 Å². The van der Waals surface area contributed by atoms with Crippen LogP contribution in [0.25, 0.3) is 0 Å². The van der Waals surface area contributed by atoms with E-state index in [9.17, 15) is 9.59 Å². The average molecular weight is 427 g/mol. The van der Waals surface area contributed by atoms with Crippen LogP contribution < -0.4 is 19.5 Å². The molecule has 1 saturated carbocycles. The largest absolute Gasteiger partial charge is 0.500 e. The van der Waals surface area contributed by atoms with E-state index in [1.165, 1.54) is 0 Å². The van der Waals surface area contributed by atoms with Crippen molar-refractivity contribution < 1.29 is 28.5 Å². The number of amides is 1. The Morgan fingerprint density at radius 3 is 2.81 bits per heavy atom. The summed E-state index contributed by atoms with van der Waals surface area (Å²) in [4.78, 5) is 25.4. The molecule has 0 radical (unpaired) electrons. The van der Waals surface area contributed by atoms with E-state index >= 15 is 0 Å². The van der Waals surface area contributed by atoms with Crippen LogP contribution in [0.15, 0.2) is 36.1 Å². The average Bonchev–Trinajstić information content (AvgIpc) is 3.48. The summed E-state index contributed by atoms with van der Waals surface area (Å²) < 4.78 is 23.0. The molecule has 1 aromatic rings. The Morgan fingerprint density at radius 1 is 1.23 bits per heavy atom. The van der Waals surface area contributed by atoms with Crippen molar-refractivity contribution in [3.63, 3.8) is 0 Å². The van der Waals surface area contributed by atoms with Gasteiger partial charge in [-0.15, -0.1) is 0 Å². The number of nitrogens with one attached hydrogen (secondary N) is 1. The molecule has 31 heavy (non-hydrogen) atoms. The number of rotatable bonds is 10. The minimum Gasteiger partial charge on any atom is -0.500 e. The molecule has 166 valence electrons. The number of Topliss-reactive ketones (excluding diaryl/α,β-unsaturated/α-hetero) is 1. The predicted octanol–water partition coefficient (Wildman–Crippen LogP) is 3.14. The Balaban J connectivity index is 1.66. The fraction of sp³-hybridized carbons (Fsp3) is 0.500. The fourth-order valence-corrected chi connectivity index (χ4v) is 3.79. The zero-order valence-corrected chi connectivity index (χ0v) is 18.0. The molecule has 1 amide bonds. The van der Waals surface area contributed by atoms with Gasteiger partial charge in [0.25, 0.3) is 5.91 Å². The standard InChI is InChI=1S/C24H29NO6/c1-3-10-25-21(26)14-31-23-18(17-7-6-16-12-29-13-19(16)22(17)27)8-9-20(28-2)24(23)30-11-15-4-5-15/h6-9,12,15,17,19H,3-5,10-11,13-14H2,1-2H3,(H,25,26). The highest BCUT2D eigenvalue weighted by Gasteiger charge is 2.37. The first-order valence-electron chi connectivity index (χ1n) is 10.9. The molecule has 1 aliphatic heterocycles. The van der Waals surface area contributed by atoms with E-state index in [1.807, 2.05) is 25.1 Å². The highest BCUT2D eigenvalue weighted by atomic mass is 16.5. The molecule has 4 rings (SSSR count). The molecule has 2 atom stereocenters. The molecule has 3 aliphatic rings. The molecule has 0 saturated heterocycles. The van der Waals surface area contributed by atoms with Gasteiger partial charge in [-0.1, -0.05) is 25.1 Å². The lowest BCUT2D eigenvalue weighted by atomic mass is 9.79. The van der Waals surface area contributed by atoms with Gasteiger partial charge in [0.05, 0.1) is 31.8 Å². The number of allylic oxidation sites excluding steroid dienone is 2. The van der Waals surface area contributed by atoms with Gasteiger partial charge in [-0.05, 0) is 31.2 Å². The molecule has 7 heteroatoms. The molecule has 1 fully saturated rings. The maximum atomic E-state index is 13.2. The summed E-state index contributed by atoms with van der Waals surface area (Å²) in [7, 11) is 1.56. The number of carbonyl (C=O) groups excluding carboxylic acids is 2. The Kier molecular flexibility index (Phi) is 6.49. The molecule has 2 aliphatic carbocycles. The lowest BCUT2D eigenvalue weighted by Crippen LogP contribution is -2.30. The molecule has 0 aromatic heterocycles. The quantitative estimate of drug-likeness (QED) is 0.618. The third-order valence-electron chi connectivity index (χ3n) is 5.76. The lowest BCUT2D eigenvalue weighted by Gasteiger charge is -2.25. The van der Waals surface area contributed by atoms with Crippen molar-refractivity contribution in [3.05, 3.63) is 41.7 Å². The highest BCUT2D eigenvalue weighted by molar-refractivity contribution is 5.95. The van der Waals surface area contributed by atoms with Crippen molar-refractivity contribution in [2.45, 2.75) is 32.1 Å². The van der Waals surface area contributed by atoms with Crippen LogP contribution in [0.3, 0.4) is 0 Å². The molecule has 0 bridgehead atoms. The van der Waals surface area contributed by atoms with Crippen LogP contribution in [0.1, 0.15) is 37.7 Å². The zero-order chi connectivity index (χ0) is 21.8. The van der Waals surface area contributed by atoms with Crippen molar-refractivity contribution in [3.8, 4) is 17.2 Å². The van der Waals surface area contributed by atoms with Crippen LogP contribution in [-0.2, 0) is 14.3 Å². The predicted molar refractivity (Wildman–Crippen MR) is 114 cm³/mol. The number of benzene rings is 1. The number of hydrogen-bond donors (Lipinski definition) is 1. The summed E-state index contributed by atoms with van der Waals surface area (Å²) in [6, 6.07) is 3.61. The number of hydrogen-bond acceptors (Lipinski definition) is 6. The van der Waals surface area contributed by atoms with Crippen LogP contribution in [0.2, 0.25) is 0 Å². The summed E-state index contributed by atoms with van der Waals surface area (Å²) in [5.41, 5.74) is 1.56. The summed E-state index contributed by atoms with van der Waals surface area (Å²) >= 11 is 0. The first-order valence-corrected chi connectivity index (χ1v) is 10.9. The Morgan fingerprint density at radius 2 is 2.06 bits per heavy atom. The Labute approximate surface area is 182 Å². The van der Waals surface area contributed by atoms with E-state index in [-0.39, 0.29) is 24.2 Å². The van der Waals surface area contributed by atoms with Crippen LogP contribution >= 0.6 is 0 Å². The number of fused-ring (bicyclic) bond motifs is 1. The van der Waals surface area contributed by atoms with E-state index in [0.717, 1.165) is 24.8 Å². The van der Waals surface area contributed by atoms with Crippen LogP contribution in [0.4, 0.5) is 0 Å². The number of carbonyl (C=O) groups is 2. The molecule has 1 N–H and O–H groups in total. The molecule has 0 spiro atoms. The summed E-state index contributed by atoms with van der Waals surface area (Å²) in [5.74, 6) is 0.911. The van der Waals surface area contributed by atoms with Gasteiger partial charge in [0, 0.05) is 17.7 Å². The van der Waals surface area contributed by atoms with Crippen molar-refractivity contribution in [1.82, 2.24) is 5.32 Å². The number of ketones is 1. The van der Waals surface area contributed by atoms with E-state index in [1.54, 1.807) is 19.4 Å². The fourth-order valence-electron chi connectivity index (χ4n) is 3.79. The maximum absolute atomic E-state index is 13.2. The Hall–Kier alpha value is -2.96. The maximum Gasteiger partial charge on any atom is 0.257 e. The minimum absolute atomic E-state index is 0.0462. The van der Waals surface area contributed by atoms with Crippen LogP contribution in [-0.4, -0.2) is 45.2 Å². The second kappa shape index (κ2) is 9.45. The van der Waals surface area contributed by atoms with Gasteiger partial charge in [0.2, 0.25) is 5.75 Å². The van der Waals surface area contributed by atoms with Gasteiger partial charge in [0.15, 0.2) is 23.9 Å². The first-order chi connectivity index (χ1) is 15.1. The number of ether oxygens (including phenoxy) is 4. The first kappa shape index (κ1) is 21.3. The van der Waals surface area contributed by atoms with Crippen LogP contribution in [0, 0.1) is 11.8 Å². The second-order valence-corrected chi connectivity index (χ2v) is 8.15. The van der Waals surface area contributed by atoms with Gasteiger partial charge in [-0.3, -0.25) is 9.59 Å². The molecule has 2 unspecified atom stereocenters. The minimum atomic E-state index is -0.508. The summed E-state index contributed by atoms with van der Waals surface area (Å²) in [5, 5.41) is 2.81. The van der Waals surface area contributed by atoms with E-state index in [4.69, 9.17) is 18.9 Å². The Bertz CT molecular complexity index is 902. The smallest absolute Gasteiger partial charge is 0.257 e.